The summed E-state index contributed by atoms with van der Waals surface area (Å²) in [6.07, 6.45) is 2.42. The Labute approximate surface area is 140 Å². The van der Waals surface area contributed by atoms with E-state index in [-0.39, 0.29) is 12.5 Å². The van der Waals surface area contributed by atoms with Gasteiger partial charge in [-0.3, -0.25) is 9.48 Å². The maximum Gasteiger partial charge on any atom is 0.274 e. The first-order valence-electron chi connectivity index (χ1n) is 8.12. The summed E-state index contributed by atoms with van der Waals surface area (Å²) in [5, 5.41) is 4.46. The van der Waals surface area contributed by atoms with Gasteiger partial charge < -0.3 is 4.90 Å². The van der Waals surface area contributed by atoms with Crippen molar-refractivity contribution in [1.82, 2.24) is 14.7 Å². The molecule has 1 atom stereocenters. The summed E-state index contributed by atoms with van der Waals surface area (Å²) >= 11 is 0. The highest BCUT2D eigenvalue weighted by atomic mass is 19.2. The number of hydrogen-bond donors (Lipinski definition) is 0. The smallest absolute Gasteiger partial charge is 0.274 e. The second-order valence-electron chi connectivity index (χ2n) is 6.60. The topological polar surface area (TPSA) is 38.1 Å². The lowest BCUT2D eigenvalue weighted by atomic mass is 10.2. The molecule has 1 aromatic carbocycles. The molecule has 4 nitrogen and oxygen atoms in total. The molecule has 128 valence electrons. The largest absolute Gasteiger partial charge is 0.336 e. The molecule has 24 heavy (non-hydrogen) atoms. The molecule has 1 aliphatic carbocycles. The molecular weight excluding hydrogens is 312 g/mol. The third-order valence-electron chi connectivity index (χ3n) is 4.58. The van der Waals surface area contributed by atoms with Crippen LogP contribution in [-0.4, -0.2) is 27.6 Å². The third-order valence-corrected chi connectivity index (χ3v) is 4.58. The fraction of sp³-hybridized carbons (Fsp3) is 0.444. The van der Waals surface area contributed by atoms with Gasteiger partial charge in [0, 0.05) is 19.3 Å². The first kappa shape index (κ1) is 16.6. The number of aromatic nitrogens is 2. The average Bonchev–Trinajstić information content (AvgIpc) is 3.32. The molecule has 0 unspecified atom stereocenters. The molecule has 2 aromatic rings. The molecule has 1 aliphatic rings. The lowest BCUT2D eigenvalue weighted by Crippen LogP contribution is -2.27. The highest BCUT2D eigenvalue weighted by Gasteiger charge is 2.31. The van der Waals surface area contributed by atoms with Crippen molar-refractivity contribution in [1.29, 1.82) is 0 Å². The molecule has 1 heterocycles. The van der Waals surface area contributed by atoms with E-state index in [1.54, 1.807) is 13.1 Å². The number of benzene rings is 1. The van der Waals surface area contributed by atoms with Crippen LogP contribution in [0.5, 0.6) is 0 Å². The van der Waals surface area contributed by atoms with Crippen LogP contribution in [0.2, 0.25) is 0 Å². The lowest BCUT2D eigenvalue weighted by molar-refractivity contribution is 0.0777. The van der Waals surface area contributed by atoms with E-state index in [4.69, 9.17) is 0 Å². The number of halogens is 2. The maximum atomic E-state index is 13.3. The summed E-state index contributed by atoms with van der Waals surface area (Å²) in [7, 11) is 1.63. The van der Waals surface area contributed by atoms with E-state index in [0.29, 0.717) is 23.2 Å². The predicted octanol–water partition coefficient (Wildman–Crippen LogP) is 3.71. The zero-order valence-electron chi connectivity index (χ0n) is 14.1. The standard InChI is InChI=1S/C18H21F2N3O/c1-11-8-17(21-23(11)12(2)14-5-6-14)18(24)22(3)10-13-4-7-15(19)16(20)9-13/h4,7-9,12,14H,5-6,10H2,1-3H3/t12-/m0/s1. The molecule has 1 amide bonds. The molecule has 1 fully saturated rings. The molecule has 0 spiro atoms. The number of aryl methyl sites for hydroxylation is 1. The van der Waals surface area contributed by atoms with E-state index in [9.17, 15) is 13.6 Å². The van der Waals surface area contributed by atoms with Gasteiger partial charge in [0.05, 0.1) is 6.04 Å². The Balaban J connectivity index is 1.73. The van der Waals surface area contributed by atoms with Gasteiger partial charge in [-0.05, 0) is 56.4 Å². The second-order valence-corrected chi connectivity index (χ2v) is 6.60. The molecule has 0 N–H and O–H groups in total. The van der Waals surface area contributed by atoms with Gasteiger partial charge in [0.15, 0.2) is 17.3 Å². The third kappa shape index (κ3) is 3.32. The molecular formula is C18H21F2N3O. The Morgan fingerprint density at radius 1 is 1.33 bits per heavy atom. The summed E-state index contributed by atoms with van der Waals surface area (Å²) in [4.78, 5) is 14.0. The Morgan fingerprint density at radius 2 is 2.04 bits per heavy atom. The summed E-state index contributed by atoms with van der Waals surface area (Å²) < 4.78 is 28.2. The summed E-state index contributed by atoms with van der Waals surface area (Å²) in [6, 6.07) is 5.73. The van der Waals surface area contributed by atoms with Gasteiger partial charge in [0.1, 0.15) is 0 Å². The number of amides is 1. The van der Waals surface area contributed by atoms with Crippen molar-refractivity contribution in [3.8, 4) is 0 Å². The minimum Gasteiger partial charge on any atom is -0.336 e. The van der Waals surface area contributed by atoms with Crippen molar-refractivity contribution in [2.75, 3.05) is 7.05 Å². The average molecular weight is 333 g/mol. The fourth-order valence-electron chi connectivity index (χ4n) is 2.96. The zero-order valence-corrected chi connectivity index (χ0v) is 14.1. The molecule has 0 bridgehead atoms. The minimum absolute atomic E-state index is 0.195. The highest BCUT2D eigenvalue weighted by molar-refractivity contribution is 5.92. The van der Waals surface area contributed by atoms with Crippen LogP contribution in [0.3, 0.4) is 0 Å². The van der Waals surface area contributed by atoms with Gasteiger partial charge >= 0.3 is 0 Å². The van der Waals surface area contributed by atoms with Crippen LogP contribution in [-0.2, 0) is 6.54 Å². The van der Waals surface area contributed by atoms with Crippen molar-refractivity contribution < 1.29 is 13.6 Å². The molecule has 1 saturated carbocycles. The minimum atomic E-state index is -0.910. The normalized spacial score (nSPS) is 15.4. The zero-order chi connectivity index (χ0) is 17.4. The number of hydrogen-bond acceptors (Lipinski definition) is 2. The number of nitrogens with zero attached hydrogens (tertiary/aromatic N) is 3. The first-order valence-corrected chi connectivity index (χ1v) is 8.12. The predicted molar refractivity (Wildman–Crippen MR) is 86.6 cm³/mol. The second kappa shape index (κ2) is 6.34. The van der Waals surface area contributed by atoms with E-state index in [0.717, 1.165) is 17.8 Å². The molecule has 0 radical (unpaired) electrons. The highest BCUT2D eigenvalue weighted by Crippen LogP contribution is 2.39. The van der Waals surface area contributed by atoms with E-state index < -0.39 is 11.6 Å². The van der Waals surface area contributed by atoms with Crippen LogP contribution < -0.4 is 0 Å². The van der Waals surface area contributed by atoms with Crippen molar-refractivity contribution >= 4 is 5.91 Å². The van der Waals surface area contributed by atoms with Crippen LogP contribution >= 0.6 is 0 Å². The first-order chi connectivity index (χ1) is 11.4. The van der Waals surface area contributed by atoms with Crippen LogP contribution in [0, 0.1) is 24.5 Å². The summed E-state index contributed by atoms with van der Waals surface area (Å²) in [5.74, 6) is -1.39. The van der Waals surface area contributed by atoms with Crippen molar-refractivity contribution in [3.05, 3.63) is 52.9 Å². The summed E-state index contributed by atoms with van der Waals surface area (Å²) in [5.41, 5.74) is 1.87. The monoisotopic (exact) mass is 333 g/mol. The fourth-order valence-corrected chi connectivity index (χ4v) is 2.96. The van der Waals surface area contributed by atoms with Gasteiger partial charge in [0.25, 0.3) is 5.91 Å². The van der Waals surface area contributed by atoms with Gasteiger partial charge in [-0.25, -0.2) is 8.78 Å². The molecule has 0 aliphatic heterocycles. The van der Waals surface area contributed by atoms with E-state index in [1.165, 1.54) is 23.8 Å². The van der Waals surface area contributed by atoms with E-state index >= 15 is 0 Å². The molecule has 6 heteroatoms. The SMILES string of the molecule is Cc1cc(C(=O)N(C)Cc2ccc(F)c(F)c2)nn1[C@@H](C)C1CC1. The number of rotatable bonds is 5. The lowest BCUT2D eigenvalue weighted by Gasteiger charge is -2.16. The maximum absolute atomic E-state index is 13.3. The van der Waals surface area contributed by atoms with Crippen LogP contribution in [0.25, 0.3) is 0 Å². The van der Waals surface area contributed by atoms with Crippen molar-refractivity contribution in [2.24, 2.45) is 5.92 Å². The van der Waals surface area contributed by atoms with Crippen LogP contribution in [0.4, 0.5) is 8.78 Å². The molecule has 0 saturated heterocycles. The Bertz CT molecular complexity index is 768. The Kier molecular flexibility index (Phi) is 4.39. The van der Waals surface area contributed by atoms with Crippen LogP contribution in [0.15, 0.2) is 24.3 Å². The van der Waals surface area contributed by atoms with Crippen molar-refractivity contribution in [3.63, 3.8) is 0 Å². The molecule has 1 aromatic heterocycles. The van der Waals surface area contributed by atoms with E-state index in [1.807, 2.05) is 11.6 Å². The quantitative estimate of drug-likeness (QED) is 0.836. The number of carbonyl (C=O) groups is 1. The van der Waals surface area contributed by atoms with Gasteiger partial charge in [-0.1, -0.05) is 6.07 Å². The number of carbonyl (C=O) groups excluding carboxylic acids is 1. The van der Waals surface area contributed by atoms with E-state index in [2.05, 4.69) is 12.0 Å². The Hall–Kier alpha value is -2.24. The van der Waals surface area contributed by atoms with Gasteiger partial charge in [-0.2, -0.15) is 5.10 Å². The summed E-state index contributed by atoms with van der Waals surface area (Å²) in [6.45, 7) is 4.26. The van der Waals surface area contributed by atoms with Crippen molar-refractivity contribution in [2.45, 2.75) is 39.3 Å². The van der Waals surface area contributed by atoms with Gasteiger partial charge in [-0.15, -0.1) is 0 Å². The molecule has 3 rings (SSSR count). The Morgan fingerprint density at radius 3 is 2.67 bits per heavy atom. The van der Waals surface area contributed by atoms with Crippen LogP contribution in [0.1, 0.15) is 47.6 Å². The van der Waals surface area contributed by atoms with Gasteiger partial charge in [0.2, 0.25) is 0 Å².